The van der Waals surface area contributed by atoms with Crippen molar-refractivity contribution in [3.63, 3.8) is 0 Å². The third-order valence-electron chi connectivity index (χ3n) is 5.54. The van der Waals surface area contributed by atoms with Gasteiger partial charge in [0.25, 0.3) is 10.0 Å². The molecule has 8 heteroatoms. The Morgan fingerprint density at radius 1 is 0.939 bits per heavy atom. The van der Waals surface area contributed by atoms with Gasteiger partial charge in [0, 0.05) is 10.8 Å². The number of nitrogens with zero attached hydrogens (tertiary/aromatic N) is 1. The summed E-state index contributed by atoms with van der Waals surface area (Å²) in [6.45, 7) is 3.68. The Kier molecular flexibility index (Phi) is 5.52. The van der Waals surface area contributed by atoms with Gasteiger partial charge in [-0.25, -0.2) is 13.4 Å². The van der Waals surface area contributed by atoms with E-state index < -0.39 is 10.0 Å². The van der Waals surface area contributed by atoms with Crippen LogP contribution in [-0.4, -0.2) is 18.5 Å². The predicted octanol–water partition coefficient (Wildman–Crippen LogP) is 6.72. The molecule has 0 bridgehead atoms. The normalized spacial score (nSPS) is 11.8. The number of anilines is 1. The lowest BCUT2D eigenvalue weighted by Gasteiger charge is -2.16. The van der Waals surface area contributed by atoms with Crippen LogP contribution in [0, 0.1) is 13.8 Å². The van der Waals surface area contributed by atoms with Crippen molar-refractivity contribution in [2.24, 2.45) is 0 Å². The lowest BCUT2D eigenvalue weighted by Crippen LogP contribution is -2.15. The number of phenols is 1. The van der Waals surface area contributed by atoms with Crippen LogP contribution in [0.15, 0.2) is 86.9 Å². The van der Waals surface area contributed by atoms with Crippen LogP contribution in [0.4, 0.5) is 5.69 Å². The fourth-order valence-electron chi connectivity index (χ4n) is 3.70. The van der Waals surface area contributed by atoms with E-state index >= 15 is 0 Å². The molecule has 0 unspecified atom stereocenters. The van der Waals surface area contributed by atoms with Crippen molar-refractivity contribution >= 4 is 59.8 Å². The number of thiazole rings is 1. The number of para-hydroxylation sites is 1. The minimum Gasteiger partial charge on any atom is -0.506 e. The van der Waals surface area contributed by atoms with Gasteiger partial charge in [0.2, 0.25) is 0 Å². The topological polar surface area (TPSA) is 79.3 Å². The maximum atomic E-state index is 13.3. The molecule has 0 fully saturated rings. The average Bonchev–Trinajstić information content (AvgIpc) is 3.21. The number of phenolic OH excluding ortho intramolecular Hbond substituents is 1. The van der Waals surface area contributed by atoms with Crippen LogP contribution >= 0.6 is 23.1 Å². The summed E-state index contributed by atoms with van der Waals surface area (Å²) in [6.07, 6.45) is 0. The number of hydrogen-bond acceptors (Lipinski definition) is 6. The summed E-state index contributed by atoms with van der Waals surface area (Å²) in [5, 5.41) is 12.2. The van der Waals surface area contributed by atoms with Crippen molar-refractivity contribution in [3.8, 4) is 5.75 Å². The molecule has 0 aliphatic heterocycles. The van der Waals surface area contributed by atoms with Crippen molar-refractivity contribution in [2.75, 3.05) is 4.72 Å². The second-order valence-corrected chi connectivity index (χ2v) is 11.6. The summed E-state index contributed by atoms with van der Waals surface area (Å²) in [7, 11) is -3.83. The van der Waals surface area contributed by atoms with Gasteiger partial charge in [-0.1, -0.05) is 60.3 Å². The lowest BCUT2D eigenvalue weighted by molar-refractivity contribution is 0.469. The molecule has 33 heavy (non-hydrogen) atoms. The number of nitrogens with one attached hydrogen (secondary N) is 1. The zero-order valence-corrected chi connectivity index (χ0v) is 20.3. The number of sulfonamides is 1. The van der Waals surface area contributed by atoms with E-state index in [4.69, 9.17) is 0 Å². The van der Waals surface area contributed by atoms with Crippen LogP contribution in [-0.2, 0) is 10.0 Å². The summed E-state index contributed by atoms with van der Waals surface area (Å²) >= 11 is 2.85. The van der Waals surface area contributed by atoms with Crippen LogP contribution in [0.3, 0.4) is 0 Å². The molecule has 4 aromatic carbocycles. The molecule has 5 aromatic rings. The minimum atomic E-state index is -3.83. The van der Waals surface area contributed by atoms with Crippen LogP contribution in [0.5, 0.6) is 5.75 Å². The highest BCUT2D eigenvalue weighted by molar-refractivity contribution is 8.01. The summed E-state index contributed by atoms with van der Waals surface area (Å²) in [6, 6.07) is 22.0. The van der Waals surface area contributed by atoms with Crippen LogP contribution in [0.25, 0.3) is 21.0 Å². The third-order valence-corrected chi connectivity index (χ3v) is 9.18. The number of aryl methyl sites for hydroxylation is 1. The number of hydrogen-bond donors (Lipinski definition) is 2. The Morgan fingerprint density at radius 3 is 2.45 bits per heavy atom. The maximum absolute atomic E-state index is 13.3. The fraction of sp³-hybridized carbons (Fsp3) is 0.0800. The lowest BCUT2D eigenvalue weighted by atomic mass is 10.1. The third kappa shape index (κ3) is 4.06. The second-order valence-electron chi connectivity index (χ2n) is 7.67. The second kappa shape index (κ2) is 8.37. The Bertz CT molecular complexity index is 1590. The Balaban J connectivity index is 1.61. The molecule has 0 saturated carbocycles. The first-order chi connectivity index (χ1) is 15.8. The summed E-state index contributed by atoms with van der Waals surface area (Å²) in [5.74, 6) is 0.101. The van der Waals surface area contributed by atoms with E-state index in [1.807, 2.05) is 49.4 Å². The van der Waals surface area contributed by atoms with Gasteiger partial charge in [0.15, 0.2) is 4.34 Å². The predicted molar refractivity (Wildman–Crippen MR) is 136 cm³/mol. The molecule has 0 atom stereocenters. The minimum absolute atomic E-state index is 0.101. The van der Waals surface area contributed by atoms with E-state index in [0.29, 0.717) is 26.9 Å². The first-order valence-electron chi connectivity index (χ1n) is 10.2. The number of aromatic hydroxyl groups is 1. The molecule has 2 N–H and O–H groups in total. The molecule has 0 aliphatic carbocycles. The van der Waals surface area contributed by atoms with E-state index in [0.717, 1.165) is 20.1 Å². The molecule has 0 aliphatic rings. The molecule has 0 radical (unpaired) electrons. The molecular weight excluding hydrogens is 472 g/mol. The molecule has 166 valence electrons. The van der Waals surface area contributed by atoms with Crippen molar-refractivity contribution in [1.82, 2.24) is 4.98 Å². The van der Waals surface area contributed by atoms with Crippen molar-refractivity contribution in [3.05, 3.63) is 83.9 Å². The zero-order valence-electron chi connectivity index (χ0n) is 17.9. The molecule has 0 amide bonds. The van der Waals surface area contributed by atoms with Crippen LogP contribution in [0.1, 0.15) is 11.1 Å². The van der Waals surface area contributed by atoms with Gasteiger partial charge in [-0.05, 0) is 49.2 Å². The fourth-order valence-corrected chi connectivity index (χ4v) is 7.21. The molecule has 1 heterocycles. The van der Waals surface area contributed by atoms with Gasteiger partial charge in [0.1, 0.15) is 5.75 Å². The molecule has 5 rings (SSSR count). The maximum Gasteiger partial charge on any atom is 0.262 e. The zero-order chi connectivity index (χ0) is 23.2. The van der Waals surface area contributed by atoms with E-state index in [-0.39, 0.29) is 10.6 Å². The van der Waals surface area contributed by atoms with Gasteiger partial charge in [-0.3, -0.25) is 4.72 Å². The average molecular weight is 493 g/mol. The van der Waals surface area contributed by atoms with Gasteiger partial charge < -0.3 is 5.11 Å². The summed E-state index contributed by atoms with van der Waals surface area (Å²) < 4.78 is 31.2. The number of fused-ring (bicyclic) bond motifs is 2. The Labute approximate surface area is 200 Å². The molecular formula is C25H20N2O3S3. The first kappa shape index (κ1) is 21.8. The molecule has 1 aromatic heterocycles. The molecule has 0 spiro atoms. The van der Waals surface area contributed by atoms with Gasteiger partial charge in [0.05, 0.1) is 25.7 Å². The highest BCUT2D eigenvalue weighted by Gasteiger charge is 2.21. The van der Waals surface area contributed by atoms with E-state index in [9.17, 15) is 13.5 Å². The molecule has 0 saturated heterocycles. The monoisotopic (exact) mass is 492 g/mol. The van der Waals surface area contributed by atoms with Crippen LogP contribution < -0.4 is 4.72 Å². The molecule has 5 nitrogen and oxygen atoms in total. The van der Waals surface area contributed by atoms with Gasteiger partial charge in [-0.2, -0.15) is 0 Å². The summed E-state index contributed by atoms with van der Waals surface area (Å²) in [5.41, 5.74) is 2.91. The number of aromatic nitrogens is 1. The highest BCUT2D eigenvalue weighted by atomic mass is 32.2. The van der Waals surface area contributed by atoms with E-state index in [1.54, 1.807) is 37.3 Å². The van der Waals surface area contributed by atoms with Gasteiger partial charge >= 0.3 is 0 Å². The van der Waals surface area contributed by atoms with Crippen molar-refractivity contribution in [1.29, 1.82) is 0 Å². The Hall–Kier alpha value is -3.07. The SMILES string of the molecule is Cc1cccc(S(=O)(=O)Nc2cc(Sc3nc4ccccc4s3)c(O)c3ccccc23)c1C. The van der Waals surface area contributed by atoms with E-state index in [2.05, 4.69) is 9.71 Å². The number of rotatable bonds is 5. The smallest absolute Gasteiger partial charge is 0.262 e. The van der Waals surface area contributed by atoms with Crippen molar-refractivity contribution in [2.45, 2.75) is 28.0 Å². The van der Waals surface area contributed by atoms with Gasteiger partial charge in [-0.15, -0.1) is 11.3 Å². The first-order valence-corrected chi connectivity index (χ1v) is 13.3. The number of benzene rings is 4. The standard InChI is InChI=1S/C25H20N2O3S3/c1-15-8-7-13-23(16(15)2)33(29,30)27-20-14-22(24(28)18-10-4-3-9-17(18)20)32-25-26-19-11-5-6-12-21(19)31-25/h3-14,27-28H,1-2H3. The summed E-state index contributed by atoms with van der Waals surface area (Å²) in [4.78, 5) is 5.40. The van der Waals surface area contributed by atoms with E-state index in [1.165, 1.54) is 23.1 Å². The van der Waals surface area contributed by atoms with Crippen molar-refractivity contribution < 1.29 is 13.5 Å². The quantitative estimate of drug-likeness (QED) is 0.266. The van der Waals surface area contributed by atoms with Crippen LogP contribution in [0.2, 0.25) is 0 Å². The Morgan fingerprint density at radius 2 is 1.67 bits per heavy atom. The highest BCUT2D eigenvalue weighted by Crippen LogP contribution is 2.44. The largest absolute Gasteiger partial charge is 0.506 e.